The number of rotatable bonds is 7. The Balaban J connectivity index is 2.06. The van der Waals surface area contributed by atoms with E-state index >= 15 is 0 Å². The fourth-order valence-electron chi connectivity index (χ4n) is 2.86. The Morgan fingerprint density at radius 1 is 1.39 bits per heavy atom. The first kappa shape index (κ1) is 18.3. The molecule has 1 aromatic rings. The highest BCUT2D eigenvalue weighted by Crippen LogP contribution is 2.24. The lowest BCUT2D eigenvalue weighted by atomic mass is 10.2. The maximum absolute atomic E-state index is 13.9. The van der Waals surface area contributed by atoms with Crippen molar-refractivity contribution >= 4 is 10.2 Å². The molecule has 0 unspecified atom stereocenters. The molecule has 0 aliphatic carbocycles. The van der Waals surface area contributed by atoms with E-state index < -0.39 is 16.4 Å². The number of hydrogen-bond donors (Lipinski definition) is 0. The second-order valence-electron chi connectivity index (χ2n) is 6.06. The van der Waals surface area contributed by atoms with Crippen LogP contribution in [-0.2, 0) is 23.8 Å². The van der Waals surface area contributed by atoms with Crippen LogP contribution in [0.1, 0.15) is 19.0 Å². The number of halogens is 1. The van der Waals surface area contributed by atoms with Gasteiger partial charge in [-0.3, -0.25) is 9.58 Å². The average molecular weight is 347 g/mol. The van der Waals surface area contributed by atoms with Crippen LogP contribution in [0.3, 0.4) is 0 Å². The maximum atomic E-state index is 13.9. The molecule has 0 spiro atoms. The van der Waals surface area contributed by atoms with Gasteiger partial charge in [0.15, 0.2) is 0 Å². The SMILES string of the molecule is CCN(C)S(=O)(=O)N(C)C[C@@H]1C[C@H](F)CN1Cc1ccnn1C. The summed E-state index contributed by atoms with van der Waals surface area (Å²) in [5.74, 6) is 0. The fraction of sp³-hybridized carbons (Fsp3) is 0.786. The largest absolute Gasteiger partial charge is 0.290 e. The van der Waals surface area contributed by atoms with Crippen molar-refractivity contribution in [3.8, 4) is 0 Å². The first-order chi connectivity index (χ1) is 10.8. The highest BCUT2D eigenvalue weighted by Gasteiger charge is 2.35. The minimum absolute atomic E-state index is 0.134. The van der Waals surface area contributed by atoms with E-state index in [1.54, 1.807) is 31.9 Å². The molecule has 23 heavy (non-hydrogen) atoms. The van der Waals surface area contributed by atoms with Gasteiger partial charge in [-0.2, -0.15) is 22.1 Å². The van der Waals surface area contributed by atoms with Gasteiger partial charge in [0.1, 0.15) is 6.17 Å². The summed E-state index contributed by atoms with van der Waals surface area (Å²) in [6.45, 7) is 3.37. The molecule has 0 radical (unpaired) electrons. The van der Waals surface area contributed by atoms with Crippen LogP contribution in [0, 0.1) is 0 Å². The molecule has 1 aromatic heterocycles. The molecule has 0 aromatic carbocycles. The monoisotopic (exact) mass is 347 g/mol. The molecule has 0 amide bonds. The van der Waals surface area contributed by atoms with Crippen LogP contribution in [0.25, 0.3) is 0 Å². The number of likely N-dealkylation sites (N-methyl/N-ethyl adjacent to an activating group) is 1. The quantitative estimate of drug-likeness (QED) is 0.719. The summed E-state index contributed by atoms with van der Waals surface area (Å²) in [6, 6.07) is 1.76. The standard InChI is InChI=1S/C14H26FN5O2S/c1-5-17(2)23(21,22)18(3)10-14-8-12(15)9-20(14)11-13-6-7-16-19(13)4/h6-7,12,14H,5,8-11H2,1-4H3/t12-,14-/m0/s1. The van der Waals surface area contributed by atoms with Gasteiger partial charge in [0.05, 0.1) is 5.69 Å². The van der Waals surface area contributed by atoms with Gasteiger partial charge in [-0.1, -0.05) is 6.92 Å². The Labute approximate surface area is 137 Å². The van der Waals surface area contributed by atoms with Crippen LogP contribution in [-0.4, -0.2) is 77.7 Å². The molecule has 2 heterocycles. The Kier molecular flexibility index (Phi) is 5.77. The molecule has 1 saturated heterocycles. The second kappa shape index (κ2) is 7.25. The van der Waals surface area contributed by atoms with Gasteiger partial charge in [-0.05, 0) is 12.5 Å². The van der Waals surface area contributed by atoms with Crippen molar-refractivity contribution < 1.29 is 12.8 Å². The molecule has 1 aliphatic heterocycles. The topological polar surface area (TPSA) is 61.7 Å². The van der Waals surface area contributed by atoms with E-state index in [1.807, 2.05) is 18.0 Å². The van der Waals surface area contributed by atoms with Crippen LogP contribution in [0.2, 0.25) is 0 Å². The fourth-order valence-corrected chi connectivity index (χ4v) is 4.03. The molecule has 2 atom stereocenters. The normalized spacial score (nSPS) is 23.3. The third-order valence-corrected chi connectivity index (χ3v) is 6.45. The summed E-state index contributed by atoms with van der Waals surface area (Å²) in [4.78, 5) is 2.00. The van der Waals surface area contributed by atoms with Gasteiger partial charge >= 0.3 is 0 Å². The van der Waals surface area contributed by atoms with E-state index in [2.05, 4.69) is 5.10 Å². The maximum Gasteiger partial charge on any atom is 0.281 e. The predicted octanol–water partition coefficient (Wildman–Crippen LogP) is 0.461. The highest BCUT2D eigenvalue weighted by atomic mass is 32.2. The third-order valence-electron chi connectivity index (χ3n) is 4.47. The van der Waals surface area contributed by atoms with Gasteiger partial charge in [-0.15, -0.1) is 0 Å². The van der Waals surface area contributed by atoms with Crippen molar-refractivity contribution in [2.24, 2.45) is 7.05 Å². The van der Waals surface area contributed by atoms with E-state index in [0.29, 0.717) is 26.1 Å². The number of likely N-dealkylation sites (tertiary alicyclic amines) is 1. The lowest BCUT2D eigenvalue weighted by Crippen LogP contribution is -2.45. The van der Waals surface area contributed by atoms with E-state index in [4.69, 9.17) is 0 Å². The van der Waals surface area contributed by atoms with Crippen molar-refractivity contribution in [2.45, 2.75) is 32.1 Å². The summed E-state index contributed by atoms with van der Waals surface area (Å²) in [5, 5.41) is 4.12. The van der Waals surface area contributed by atoms with Gasteiger partial charge in [0, 0.05) is 59.6 Å². The Morgan fingerprint density at radius 2 is 2.09 bits per heavy atom. The molecule has 1 aliphatic rings. The lowest BCUT2D eigenvalue weighted by Gasteiger charge is -2.30. The Bertz CT molecular complexity index is 620. The molecule has 2 rings (SSSR count). The van der Waals surface area contributed by atoms with Crippen molar-refractivity contribution in [1.82, 2.24) is 23.3 Å². The molecule has 132 valence electrons. The first-order valence-corrected chi connectivity index (χ1v) is 9.18. The summed E-state index contributed by atoms with van der Waals surface area (Å²) in [5.41, 5.74) is 0.986. The van der Waals surface area contributed by atoms with Crippen LogP contribution in [0.15, 0.2) is 12.3 Å². The molecule has 0 N–H and O–H groups in total. The lowest BCUT2D eigenvalue weighted by molar-refractivity contribution is 0.207. The van der Waals surface area contributed by atoms with Crippen LogP contribution in [0.5, 0.6) is 0 Å². The van der Waals surface area contributed by atoms with Crippen molar-refractivity contribution in [2.75, 3.05) is 33.7 Å². The van der Waals surface area contributed by atoms with Crippen LogP contribution < -0.4 is 0 Å². The first-order valence-electron chi connectivity index (χ1n) is 7.78. The summed E-state index contributed by atoms with van der Waals surface area (Å²) in [6.07, 6.45) is 1.14. The smallest absolute Gasteiger partial charge is 0.281 e. The highest BCUT2D eigenvalue weighted by molar-refractivity contribution is 7.86. The number of hydrogen-bond acceptors (Lipinski definition) is 4. The summed E-state index contributed by atoms with van der Waals surface area (Å²) in [7, 11) is 1.46. The molecular formula is C14H26FN5O2S. The third kappa shape index (κ3) is 4.09. The Morgan fingerprint density at radius 3 is 2.65 bits per heavy atom. The van der Waals surface area contributed by atoms with Gasteiger partial charge < -0.3 is 0 Å². The number of nitrogens with zero attached hydrogens (tertiary/aromatic N) is 5. The number of alkyl halides is 1. The summed E-state index contributed by atoms with van der Waals surface area (Å²) >= 11 is 0. The second-order valence-corrected chi connectivity index (χ2v) is 8.21. The van der Waals surface area contributed by atoms with Crippen molar-refractivity contribution in [3.63, 3.8) is 0 Å². The zero-order valence-corrected chi connectivity index (χ0v) is 15.0. The van der Waals surface area contributed by atoms with E-state index in [1.165, 1.54) is 8.61 Å². The molecule has 9 heteroatoms. The predicted molar refractivity (Wildman–Crippen MR) is 86.8 cm³/mol. The Hall–Kier alpha value is -1.03. The minimum atomic E-state index is -3.49. The van der Waals surface area contributed by atoms with Crippen molar-refractivity contribution in [1.29, 1.82) is 0 Å². The van der Waals surface area contributed by atoms with E-state index in [9.17, 15) is 12.8 Å². The number of aromatic nitrogens is 2. The van der Waals surface area contributed by atoms with Crippen LogP contribution >= 0.6 is 0 Å². The molecule has 7 nitrogen and oxygen atoms in total. The van der Waals surface area contributed by atoms with Gasteiger partial charge in [0.25, 0.3) is 10.2 Å². The summed E-state index contributed by atoms with van der Waals surface area (Å²) < 4.78 is 42.9. The molecule has 0 bridgehead atoms. The number of aryl methyl sites for hydroxylation is 1. The minimum Gasteiger partial charge on any atom is -0.290 e. The van der Waals surface area contributed by atoms with Crippen molar-refractivity contribution in [3.05, 3.63) is 18.0 Å². The van der Waals surface area contributed by atoms with E-state index in [-0.39, 0.29) is 12.6 Å². The average Bonchev–Trinajstić information content (AvgIpc) is 3.04. The van der Waals surface area contributed by atoms with E-state index in [0.717, 1.165) is 5.69 Å². The van der Waals surface area contributed by atoms with Crippen LogP contribution in [0.4, 0.5) is 4.39 Å². The molecular weight excluding hydrogens is 321 g/mol. The van der Waals surface area contributed by atoms with Gasteiger partial charge in [0.2, 0.25) is 0 Å². The molecule has 1 fully saturated rings. The molecule has 0 saturated carbocycles. The van der Waals surface area contributed by atoms with Gasteiger partial charge in [-0.25, -0.2) is 4.39 Å². The zero-order chi connectivity index (χ0) is 17.2. The zero-order valence-electron chi connectivity index (χ0n) is 14.2.